The molecule has 0 spiro atoms. The zero-order valence-corrected chi connectivity index (χ0v) is 17.8. The average Bonchev–Trinajstić information content (AvgIpc) is 2.91. The number of ketones is 1. The first kappa shape index (κ1) is 20.3. The van der Waals surface area contributed by atoms with Crippen LogP contribution in [-0.2, 0) is 24.0 Å². The molecule has 4 aliphatic carbocycles. The van der Waals surface area contributed by atoms with Crippen LogP contribution in [0.25, 0.3) is 0 Å². The number of oxime groups is 1. The molecular weight excluding hydrogens is 370 g/mol. The van der Waals surface area contributed by atoms with Crippen LogP contribution in [0.1, 0.15) is 72.6 Å². The summed E-state index contributed by atoms with van der Waals surface area (Å²) in [5, 5.41) is 3.90. The maximum absolute atomic E-state index is 13.1. The molecule has 6 heteroatoms. The van der Waals surface area contributed by atoms with E-state index in [0.29, 0.717) is 24.0 Å². The van der Waals surface area contributed by atoms with Crippen molar-refractivity contribution in [3.8, 4) is 0 Å². The van der Waals surface area contributed by atoms with Gasteiger partial charge in [-0.25, -0.2) is 4.79 Å². The molecule has 0 aliphatic heterocycles. The number of Topliss-reactive ketones (excluding diaryl/α,β-unsaturated/α-hetero) is 1. The van der Waals surface area contributed by atoms with Crippen molar-refractivity contribution in [2.24, 2.45) is 33.7 Å². The van der Waals surface area contributed by atoms with Crippen molar-refractivity contribution in [2.45, 2.75) is 78.7 Å². The number of rotatable bonds is 2. The third-order valence-electron chi connectivity index (χ3n) is 8.26. The number of hydrogen-bond donors (Lipinski definition) is 0. The fourth-order valence-corrected chi connectivity index (χ4v) is 6.77. The summed E-state index contributed by atoms with van der Waals surface area (Å²) in [5.74, 6) is 0.557. The summed E-state index contributed by atoms with van der Waals surface area (Å²) < 4.78 is 5.50. The summed E-state index contributed by atoms with van der Waals surface area (Å²) >= 11 is 0. The highest BCUT2D eigenvalue weighted by Crippen LogP contribution is 2.63. The van der Waals surface area contributed by atoms with Gasteiger partial charge in [-0.1, -0.05) is 30.7 Å². The summed E-state index contributed by atoms with van der Waals surface area (Å²) in [4.78, 5) is 40.4. The summed E-state index contributed by atoms with van der Waals surface area (Å²) in [6.07, 6.45) is 8.53. The molecule has 3 fully saturated rings. The average molecular weight is 402 g/mol. The maximum Gasteiger partial charge on any atom is 0.331 e. The van der Waals surface area contributed by atoms with Crippen LogP contribution in [0, 0.1) is 28.6 Å². The zero-order valence-electron chi connectivity index (χ0n) is 17.8. The van der Waals surface area contributed by atoms with Crippen LogP contribution in [0.3, 0.4) is 0 Å². The minimum absolute atomic E-state index is 0.00671. The van der Waals surface area contributed by atoms with Gasteiger partial charge in [0.05, 0.1) is 0 Å². The maximum atomic E-state index is 13.1. The molecule has 0 aromatic heterocycles. The van der Waals surface area contributed by atoms with E-state index in [1.807, 2.05) is 0 Å². The fraction of sp³-hybridized carbons (Fsp3) is 0.739. The largest absolute Gasteiger partial charge is 0.462 e. The summed E-state index contributed by atoms with van der Waals surface area (Å²) in [7, 11) is 0. The normalized spacial score (nSPS) is 42.4. The summed E-state index contributed by atoms with van der Waals surface area (Å²) in [6, 6.07) is 0. The first-order valence-electron chi connectivity index (χ1n) is 10.8. The SMILES string of the molecule is CC(=O)O/N=C1\C[C@H]2[C@@H]3CC=C4CC(OC(C)=O)CC[C@]4(C)[C@H]3CC[C@]2(C)C1=O. The van der Waals surface area contributed by atoms with Crippen molar-refractivity contribution in [3.63, 3.8) is 0 Å². The number of hydrogen-bond acceptors (Lipinski definition) is 6. The van der Waals surface area contributed by atoms with E-state index in [1.165, 1.54) is 19.4 Å². The van der Waals surface area contributed by atoms with Gasteiger partial charge in [-0.05, 0) is 55.3 Å². The number of ether oxygens (including phenoxy) is 1. The van der Waals surface area contributed by atoms with Gasteiger partial charge in [0.25, 0.3) is 0 Å². The van der Waals surface area contributed by atoms with Gasteiger partial charge in [-0.15, -0.1) is 0 Å². The molecule has 0 aromatic rings. The number of nitrogens with zero attached hydrogens (tertiary/aromatic N) is 1. The second-order valence-corrected chi connectivity index (χ2v) is 9.84. The predicted molar refractivity (Wildman–Crippen MR) is 107 cm³/mol. The lowest BCUT2D eigenvalue weighted by Gasteiger charge is -2.56. The molecule has 0 radical (unpaired) electrons. The Hall–Kier alpha value is -1.98. The molecule has 0 aromatic carbocycles. The van der Waals surface area contributed by atoms with Crippen LogP contribution in [0.4, 0.5) is 0 Å². The molecule has 0 saturated heterocycles. The Labute approximate surface area is 172 Å². The monoisotopic (exact) mass is 401 g/mol. The Morgan fingerprint density at radius 2 is 1.76 bits per heavy atom. The molecule has 3 saturated carbocycles. The Morgan fingerprint density at radius 1 is 1.03 bits per heavy atom. The molecule has 4 aliphatic rings. The molecule has 6 atom stereocenters. The Bertz CT molecular complexity index is 814. The Balaban J connectivity index is 1.59. The molecule has 1 unspecified atom stereocenters. The smallest absolute Gasteiger partial charge is 0.331 e. The number of esters is 1. The van der Waals surface area contributed by atoms with Gasteiger partial charge in [0.2, 0.25) is 0 Å². The minimum Gasteiger partial charge on any atom is -0.462 e. The molecule has 0 heterocycles. The van der Waals surface area contributed by atoms with E-state index in [9.17, 15) is 14.4 Å². The van der Waals surface area contributed by atoms with Gasteiger partial charge in [-0.2, -0.15) is 0 Å². The predicted octanol–water partition coefficient (Wildman–Crippen LogP) is 3.98. The van der Waals surface area contributed by atoms with Gasteiger partial charge in [-0.3, -0.25) is 9.59 Å². The molecule has 6 nitrogen and oxygen atoms in total. The molecule has 0 amide bonds. The topological polar surface area (TPSA) is 82.0 Å². The summed E-state index contributed by atoms with van der Waals surface area (Å²) in [5.41, 5.74) is 1.56. The van der Waals surface area contributed by atoms with Crippen molar-refractivity contribution in [1.29, 1.82) is 0 Å². The van der Waals surface area contributed by atoms with Crippen molar-refractivity contribution in [3.05, 3.63) is 11.6 Å². The zero-order chi connectivity index (χ0) is 21.0. The van der Waals surface area contributed by atoms with E-state index < -0.39 is 11.4 Å². The van der Waals surface area contributed by atoms with Gasteiger partial charge in [0.1, 0.15) is 11.8 Å². The van der Waals surface area contributed by atoms with Crippen molar-refractivity contribution in [2.75, 3.05) is 0 Å². The van der Waals surface area contributed by atoms with Crippen LogP contribution >= 0.6 is 0 Å². The van der Waals surface area contributed by atoms with Crippen LogP contribution in [-0.4, -0.2) is 29.5 Å². The fourth-order valence-electron chi connectivity index (χ4n) is 6.77. The first-order valence-corrected chi connectivity index (χ1v) is 10.8. The van der Waals surface area contributed by atoms with E-state index in [0.717, 1.165) is 38.5 Å². The first-order chi connectivity index (χ1) is 13.6. The standard InChI is InChI=1S/C23H31NO5/c1-13(25)28-16-7-9-22(3)15(11-16)5-6-17-18(22)8-10-23(4)19(17)12-20(21(23)27)24-29-14(2)26/h5,16-19H,6-12H2,1-4H3/b24-20+/t16?,17-,18+,19+,22+,23+/m1/s1. The molecule has 0 bridgehead atoms. The van der Waals surface area contributed by atoms with Crippen LogP contribution in [0.5, 0.6) is 0 Å². The van der Waals surface area contributed by atoms with E-state index >= 15 is 0 Å². The quantitative estimate of drug-likeness (QED) is 0.303. The molecule has 0 N–H and O–H groups in total. The molecule has 158 valence electrons. The van der Waals surface area contributed by atoms with E-state index in [2.05, 4.69) is 25.1 Å². The van der Waals surface area contributed by atoms with Crippen molar-refractivity contribution < 1.29 is 24.0 Å². The third kappa shape index (κ3) is 3.24. The van der Waals surface area contributed by atoms with Crippen molar-refractivity contribution in [1.82, 2.24) is 0 Å². The molecular formula is C23H31NO5. The Kier molecular flexibility index (Phi) is 4.94. The number of fused-ring (bicyclic) bond motifs is 5. The van der Waals surface area contributed by atoms with Gasteiger partial charge in [0.15, 0.2) is 5.78 Å². The number of allylic oxidation sites excluding steroid dienone is 1. The van der Waals surface area contributed by atoms with E-state index in [4.69, 9.17) is 9.57 Å². The molecule has 4 rings (SSSR count). The van der Waals surface area contributed by atoms with Crippen LogP contribution in [0.2, 0.25) is 0 Å². The Morgan fingerprint density at radius 3 is 2.45 bits per heavy atom. The van der Waals surface area contributed by atoms with E-state index in [-0.39, 0.29) is 29.2 Å². The number of carbonyl (C=O) groups is 3. The molecule has 29 heavy (non-hydrogen) atoms. The van der Waals surface area contributed by atoms with Crippen LogP contribution in [0.15, 0.2) is 16.8 Å². The highest BCUT2D eigenvalue weighted by atomic mass is 16.7. The number of carbonyl (C=O) groups excluding carboxylic acids is 3. The third-order valence-corrected chi connectivity index (χ3v) is 8.26. The lowest BCUT2D eigenvalue weighted by Crippen LogP contribution is -2.50. The van der Waals surface area contributed by atoms with E-state index in [1.54, 1.807) is 0 Å². The second-order valence-electron chi connectivity index (χ2n) is 9.84. The van der Waals surface area contributed by atoms with Crippen LogP contribution < -0.4 is 0 Å². The minimum atomic E-state index is -0.495. The summed E-state index contributed by atoms with van der Waals surface area (Å²) in [6.45, 7) is 7.22. The highest BCUT2D eigenvalue weighted by Gasteiger charge is 2.60. The van der Waals surface area contributed by atoms with Gasteiger partial charge < -0.3 is 9.57 Å². The second kappa shape index (κ2) is 7.06. The lowest BCUT2D eigenvalue weighted by atomic mass is 9.48. The van der Waals surface area contributed by atoms with Crippen molar-refractivity contribution >= 4 is 23.4 Å². The lowest BCUT2D eigenvalue weighted by molar-refractivity contribution is -0.148. The van der Waals surface area contributed by atoms with Gasteiger partial charge in [0, 0.05) is 32.1 Å². The van der Waals surface area contributed by atoms with Gasteiger partial charge >= 0.3 is 11.9 Å². The highest BCUT2D eigenvalue weighted by molar-refractivity contribution is 6.43.